The van der Waals surface area contributed by atoms with Gasteiger partial charge in [0.25, 0.3) is 0 Å². The maximum absolute atomic E-state index is 12.4. The Morgan fingerprint density at radius 3 is 2.77 bits per heavy atom. The predicted molar refractivity (Wildman–Crippen MR) is 118 cm³/mol. The first kappa shape index (κ1) is 21.8. The first-order valence-corrected chi connectivity index (χ1v) is 10.9. The van der Waals surface area contributed by atoms with Crippen LogP contribution >= 0.6 is 11.3 Å². The van der Waals surface area contributed by atoms with E-state index >= 15 is 0 Å². The van der Waals surface area contributed by atoms with Crippen molar-refractivity contribution >= 4 is 33.8 Å². The van der Waals surface area contributed by atoms with Gasteiger partial charge in [-0.1, -0.05) is 19.1 Å². The first-order chi connectivity index (χ1) is 14.5. The molecule has 3 rings (SSSR count). The van der Waals surface area contributed by atoms with Crippen LogP contribution < -0.4 is 15.4 Å². The topological polar surface area (TPSA) is 94.5 Å². The zero-order valence-corrected chi connectivity index (χ0v) is 18.1. The number of likely N-dealkylation sites (N-methyl/N-ethyl adjacent to an activating group) is 1. The van der Waals surface area contributed by atoms with Crippen molar-refractivity contribution < 1.29 is 14.3 Å². The van der Waals surface area contributed by atoms with Crippen molar-refractivity contribution in [1.82, 2.24) is 4.90 Å². The maximum atomic E-state index is 12.4. The van der Waals surface area contributed by atoms with E-state index < -0.39 is 0 Å². The molecule has 158 valence electrons. The van der Waals surface area contributed by atoms with Gasteiger partial charge in [-0.25, -0.2) is 0 Å². The number of benzene rings is 1. The van der Waals surface area contributed by atoms with Crippen molar-refractivity contribution in [2.24, 2.45) is 0 Å². The number of hydrogen-bond donors (Lipinski definition) is 2. The SMILES string of the molecule is CCN(CCC(=O)Nc1sc2c(c1C#N)CCC2)CC(=O)Nc1ccccc1OC. The Morgan fingerprint density at radius 2 is 2.03 bits per heavy atom. The number of fused-ring (bicyclic) bond motifs is 1. The summed E-state index contributed by atoms with van der Waals surface area (Å²) in [5, 5.41) is 15.8. The quantitative estimate of drug-likeness (QED) is 0.641. The summed E-state index contributed by atoms with van der Waals surface area (Å²) in [4.78, 5) is 28.0. The fourth-order valence-electron chi connectivity index (χ4n) is 3.55. The van der Waals surface area contributed by atoms with Gasteiger partial charge in [0.1, 0.15) is 16.8 Å². The Hall–Kier alpha value is -2.89. The number of para-hydroxylation sites is 2. The average molecular weight is 427 g/mol. The summed E-state index contributed by atoms with van der Waals surface area (Å²) < 4.78 is 5.25. The summed E-state index contributed by atoms with van der Waals surface area (Å²) in [7, 11) is 1.56. The van der Waals surface area contributed by atoms with Crippen LogP contribution in [0.1, 0.15) is 35.8 Å². The number of ether oxygens (including phenoxy) is 1. The number of nitrogens with zero attached hydrogens (tertiary/aromatic N) is 2. The van der Waals surface area contributed by atoms with Gasteiger partial charge in [0, 0.05) is 17.8 Å². The molecule has 0 bridgehead atoms. The lowest BCUT2D eigenvalue weighted by Crippen LogP contribution is -2.35. The Morgan fingerprint density at radius 1 is 1.23 bits per heavy atom. The molecule has 0 unspecified atom stereocenters. The van der Waals surface area contributed by atoms with Gasteiger partial charge in [-0.05, 0) is 43.5 Å². The van der Waals surface area contributed by atoms with E-state index in [1.807, 2.05) is 24.0 Å². The van der Waals surface area contributed by atoms with E-state index in [4.69, 9.17) is 4.74 Å². The van der Waals surface area contributed by atoms with Gasteiger partial charge >= 0.3 is 0 Å². The van der Waals surface area contributed by atoms with Crippen LogP contribution in [0.2, 0.25) is 0 Å². The fraction of sp³-hybridized carbons (Fsp3) is 0.409. The van der Waals surface area contributed by atoms with Gasteiger partial charge in [0.2, 0.25) is 11.8 Å². The number of methoxy groups -OCH3 is 1. The molecule has 7 nitrogen and oxygen atoms in total. The minimum absolute atomic E-state index is 0.144. The predicted octanol–water partition coefficient (Wildman–Crippen LogP) is 3.41. The molecule has 2 aromatic rings. The van der Waals surface area contributed by atoms with Crippen molar-refractivity contribution in [1.29, 1.82) is 5.26 Å². The smallest absolute Gasteiger partial charge is 0.238 e. The summed E-state index contributed by atoms with van der Waals surface area (Å²) >= 11 is 1.51. The molecule has 30 heavy (non-hydrogen) atoms. The third-order valence-electron chi connectivity index (χ3n) is 5.14. The average Bonchev–Trinajstić information content (AvgIpc) is 3.32. The second-order valence-corrected chi connectivity index (χ2v) is 8.19. The molecular weight excluding hydrogens is 400 g/mol. The lowest BCUT2D eigenvalue weighted by molar-refractivity contribution is -0.119. The van der Waals surface area contributed by atoms with Crippen LogP contribution in [0.5, 0.6) is 5.75 Å². The molecule has 0 radical (unpaired) electrons. The van der Waals surface area contributed by atoms with E-state index in [1.165, 1.54) is 16.2 Å². The van der Waals surface area contributed by atoms with Gasteiger partial charge < -0.3 is 15.4 Å². The van der Waals surface area contributed by atoms with Gasteiger partial charge in [-0.3, -0.25) is 14.5 Å². The highest BCUT2D eigenvalue weighted by atomic mass is 32.1. The van der Waals surface area contributed by atoms with Crippen LogP contribution in [0.3, 0.4) is 0 Å². The van der Waals surface area contributed by atoms with Crippen LogP contribution in [-0.2, 0) is 22.4 Å². The summed E-state index contributed by atoms with van der Waals surface area (Å²) in [6.07, 6.45) is 3.22. The Kier molecular flexibility index (Phi) is 7.44. The van der Waals surface area contributed by atoms with E-state index in [9.17, 15) is 14.9 Å². The number of rotatable bonds is 9. The zero-order chi connectivity index (χ0) is 21.5. The van der Waals surface area contributed by atoms with Crippen LogP contribution in [-0.4, -0.2) is 43.5 Å². The maximum Gasteiger partial charge on any atom is 0.238 e. The standard InChI is InChI=1S/C22H26N4O3S/c1-3-26(14-21(28)24-17-8-4-5-9-18(17)29-2)12-11-20(27)25-22-16(13-23)15-7-6-10-19(15)30-22/h4-5,8-9H,3,6-7,10-12,14H2,1-2H3,(H,24,28)(H,25,27). The minimum atomic E-state index is -0.164. The molecular formula is C22H26N4O3S. The van der Waals surface area contributed by atoms with Gasteiger partial charge in [-0.2, -0.15) is 5.26 Å². The summed E-state index contributed by atoms with van der Waals surface area (Å²) in [6.45, 7) is 3.22. The van der Waals surface area contributed by atoms with Crippen LogP contribution in [0.15, 0.2) is 24.3 Å². The van der Waals surface area contributed by atoms with Gasteiger partial charge in [-0.15, -0.1) is 11.3 Å². The molecule has 1 aromatic carbocycles. The summed E-state index contributed by atoms with van der Waals surface area (Å²) in [5.74, 6) is 0.294. The largest absolute Gasteiger partial charge is 0.495 e. The number of amides is 2. The molecule has 0 fully saturated rings. The zero-order valence-electron chi connectivity index (χ0n) is 17.3. The number of hydrogen-bond acceptors (Lipinski definition) is 6. The Balaban J connectivity index is 1.51. The molecule has 0 aliphatic heterocycles. The number of nitrogens with one attached hydrogen (secondary N) is 2. The van der Waals surface area contributed by atoms with E-state index in [1.54, 1.807) is 19.2 Å². The first-order valence-electron chi connectivity index (χ1n) is 10.0. The molecule has 0 saturated carbocycles. The molecule has 1 aliphatic rings. The molecule has 1 aromatic heterocycles. The highest BCUT2D eigenvalue weighted by Crippen LogP contribution is 2.38. The van der Waals surface area contributed by atoms with Crippen LogP contribution in [0.25, 0.3) is 0 Å². The number of nitriles is 1. The highest BCUT2D eigenvalue weighted by Gasteiger charge is 2.23. The monoisotopic (exact) mass is 426 g/mol. The van der Waals surface area contributed by atoms with Crippen LogP contribution in [0, 0.1) is 11.3 Å². The van der Waals surface area contributed by atoms with E-state index in [0.717, 1.165) is 24.8 Å². The number of anilines is 2. The van der Waals surface area contributed by atoms with Crippen molar-refractivity contribution in [3.63, 3.8) is 0 Å². The normalized spacial score (nSPS) is 12.3. The fourth-order valence-corrected chi connectivity index (χ4v) is 4.81. The van der Waals surface area contributed by atoms with Gasteiger partial charge in [0.05, 0.1) is 24.9 Å². The summed E-state index contributed by atoms with van der Waals surface area (Å²) in [5.41, 5.74) is 2.33. The molecule has 1 heterocycles. The Labute approximate surface area is 180 Å². The third kappa shape index (κ3) is 5.17. The molecule has 1 aliphatic carbocycles. The number of carbonyl (C=O) groups is 2. The second kappa shape index (κ2) is 10.2. The van der Waals surface area contributed by atoms with Gasteiger partial charge in [0.15, 0.2) is 0 Å². The molecule has 0 spiro atoms. The number of aryl methyl sites for hydroxylation is 1. The number of carbonyl (C=O) groups excluding carboxylic acids is 2. The van der Waals surface area contributed by atoms with Crippen molar-refractivity contribution in [2.45, 2.75) is 32.6 Å². The Bertz CT molecular complexity index is 964. The van der Waals surface area contributed by atoms with Crippen molar-refractivity contribution in [2.75, 3.05) is 37.4 Å². The lowest BCUT2D eigenvalue weighted by atomic mass is 10.1. The van der Waals surface area contributed by atoms with E-state index in [0.29, 0.717) is 35.1 Å². The molecule has 2 amide bonds. The number of thiophene rings is 1. The summed E-state index contributed by atoms with van der Waals surface area (Å²) in [6, 6.07) is 9.47. The second-order valence-electron chi connectivity index (χ2n) is 7.09. The highest BCUT2D eigenvalue weighted by molar-refractivity contribution is 7.16. The van der Waals surface area contributed by atoms with E-state index in [-0.39, 0.29) is 24.8 Å². The molecule has 8 heteroatoms. The third-order valence-corrected chi connectivity index (χ3v) is 6.34. The molecule has 0 atom stereocenters. The van der Waals surface area contributed by atoms with E-state index in [2.05, 4.69) is 16.7 Å². The van der Waals surface area contributed by atoms with Crippen molar-refractivity contribution in [3.05, 3.63) is 40.3 Å². The minimum Gasteiger partial charge on any atom is -0.495 e. The molecule has 2 N–H and O–H groups in total. The molecule has 0 saturated heterocycles. The lowest BCUT2D eigenvalue weighted by Gasteiger charge is -2.20. The van der Waals surface area contributed by atoms with Crippen molar-refractivity contribution in [3.8, 4) is 11.8 Å². The van der Waals surface area contributed by atoms with Crippen LogP contribution in [0.4, 0.5) is 10.7 Å².